The molecule has 1 aromatic carbocycles. The van der Waals surface area contributed by atoms with E-state index in [9.17, 15) is 5.11 Å². The highest BCUT2D eigenvalue weighted by Crippen LogP contribution is 2.37. The van der Waals surface area contributed by atoms with E-state index < -0.39 is 0 Å². The zero-order valence-corrected chi connectivity index (χ0v) is 11.1. The van der Waals surface area contributed by atoms with Crippen molar-refractivity contribution in [3.05, 3.63) is 33.8 Å². The van der Waals surface area contributed by atoms with Crippen LogP contribution in [0.5, 0.6) is 0 Å². The van der Waals surface area contributed by atoms with Crippen molar-refractivity contribution in [2.24, 2.45) is 11.7 Å². The third kappa shape index (κ3) is 3.35. The Morgan fingerprint density at radius 2 is 2.00 bits per heavy atom. The quantitative estimate of drug-likeness (QED) is 0.866. The standard InChI is InChI=1S/C13H17Cl2NO/c14-11-4-3-9(6-12(11)15)10(7-16)13(17)5-8-1-2-8/h3-4,6,8,10,13,17H,1-2,5,7,16H2. The SMILES string of the molecule is NCC(c1ccc(Cl)c(Cl)c1)C(O)CC1CC1. The summed E-state index contributed by atoms with van der Waals surface area (Å²) in [4.78, 5) is 0. The number of aliphatic hydroxyl groups is 1. The molecule has 2 unspecified atom stereocenters. The summed E-state index contributed by atoms with van der Waals surface area (Å²) in [6, 6.07) is 5.45. The number of halogens is 2. The summed E-state index contributed by atoms with van der Waals surface area (Å²) in [5.41, 5.74) is 6.72. The van der Waals surface area contributed by atoms with Gasteiger partial charge in [-0.15, -0.1) is 0 Å². The van der Waals surface area contributed by atoms with Crippen LogP contribution >= 0.6 is 23.2 Å². The normalized spacial score (nSPS) is 19.1. The number of benzene rings is 1. The average Bonchev–Trinajstić information content (AvgIpc) is 3.08. The Balaban J connectivity index is 2.12. The van der Waals surface area contributed by atoms with E-state index in [4.69, 9.17) is 28.9 Å². The van der Waals surface area contributed by atoms with Crippen LogP contribution in [0, 0.1) is 5.92 Å². The van der Waals surface area contributed by atoms with Crippen LogP contribution in [0.4, 0.5) is 0 Å². The van der Waals surface area contributed by atoms with Gasteiger partial charge in [0.2, 0.25) is 0 Å². The van der Waals surface area contributed by atoms with Gasteiger partial charge in [0.05, 0.1) is 16.1 Å². The molecule has 0 spiro atoms. The minimum atomic E-state index is -0.384. The van der Waals surface area contributed by atoms with E-state index in [1.807, 2.05) is 6.07 Å². The maximum atomic E-state index is 10.2. The molecule has 0 aliphatic heterocycles. The monoisotopic (exact) mass is 273 g/mol. The number of rotatable bonds is 5. The Kier molecular flexibility index (Phi) is 4.31. The summed E-state index contributed by atoms with van der Waals surface area (Å²) in [5.74, 6) is 0.632. The smallest absolute Gasteiger partial charge is 0.0623 e. The van der Waals surface area contributed by atoms with Gasteiger partial charge in [-0.2, -0.15) is 0 Å². The molecule has 1 aliphatic carbocycles. The largest absolute Gasteiger partial charge is 0.392 e. The highest BCUT2D eigenvalue weighted by atomic mass is 35.5. The van der Waals surface area contributed by atoms with Gasteiger partial charge in [-0.1, -0.05) is 42.1 Å². The minimum Gasteiger partial charge on any atom is -0.392 e. The summed E-state index contributed by atoms with van der Waals surface area (Å²) in [6.07, 6.45) is 2.91. The second-order valence-corrected chi connectivity index (χ2v) is 5.58. The van der Waals surface area contributed by atoms with E-state index in [2.05, 4.69) is 0 Å². The maximum absolute atomic E-state index is 10.2. The van der Waals surface area contributed by atoms with Crippen LogP contribution in [0.2, 0.25) is 10.0 Å². The Hall–Kier alpha value is -0.280. The molecule has 94 valence electrons. The summed E-state index contributed by atoms with van der Waals surface area (Å²) < 4.78 is 0. The van der Waals surface area contributed by atoms with Crippen LogP contribution in [-0.4, -0.2) is 17.8 Å². The molecular weight excluding hydrogens is 257 g/mol. The van der Waals surface area contributed by atoms with E-state index in [0.717, 1.165) is 12.0 Å². The number of nitrogens with two attached hydrogens (primary N) is 1. The second-order valence-electron chi connectivity index (χ2n) is 4.76. The van der Waals surface area contributed by atoms with Gasteiger partial charge in [-0.3, -0.25) is 0 Å². The molecule has 2 atom stereocenters. The van der Waals surface area contributed by atoms with Crippen molar-refractivity contribution >= 4 is 23.2 Å². The maximum Gasteiger partial charge on any atom is 0.0623 e. The Morgan fingerprint density at radius 3 is 2.53 bits per heavy atom. The summed E-state index contributed by atoms with van der Waals surface area (Å²) in [6.45, 7) is 0.422. The topological polar surface area (TPSA) is 46.2 Å². The fraction of sp³-hybridized carbons (Fsp3) is 0.538. The molecule has 1 aromatic rings. The van der Waals surface area contributed by atoms with Crippen molar-refractivity contribution in [2.45, 2.75) is 31.3 Å². The highest BCUT2D eigenvalue weighted by molar-refractivity contribution is 6.42. The van der Waals surface area contributed by atoms with E-state index in [1.54, 1.807) is 12.1 Å². The third-order valence-electron chi connectivity index (χ3n) is 3.36. The zero-order chi connectivity index (χ0) is 12.4. The summed E-state index contributed by atoms with van der Waals surface area (Å²) in [7, 11) is 0. The van der Waals surface area contributed by atoms with Crippen LogP contribution in [0.1, 0.15) is 30.7 Å². The lowest BCUT2D eigenvalue weighted by Gasteiger charge is -2.22. The van der Waals surface area contributed by atoms with Crippen LogP contribution < -0.4 is 5.73 Å². The van der Waals surface area contributed by atoms with E-state index in [0.29, 0.717) is 22.5 Å². The predicted molar refractivity (Wildman–Crippen MR) is 71.6 cm³/mol. The van der Waals surface area contributed by atoms with Crippen molar-refractivity contribution in [3.63, 3.8) is 0 Å². The van der Waals surface area contributed by atoms with Crippen LogP contribution in [0.25, 0.3) is 0 Å². The second kappa shape index (κ2) is 5.57. The van der Waals surface area contributed by atoms with Crippen molar-refractivity contribution in [3.8, 4) is 0 Å². The van der Waals surface area contributed by atoms with Gasteiger partial charge >= 0.3 is 0 Å². The Labute approximate surface area is 112 Å². The van der Waals surface area contributed by atoms with E-state index in [-0.39, 0.29) is 12.0 Å². The van der Waals surface area contributed by atoms with Crippen molar-refractivity contribution in [1.82, 2.24) is 0 Å². The fourth-order valence-corrected chi connectivity index (χ4v) is 2.42. The molecule has 0 saturated heterocycles. The summed E-state index contributed by atoms with van der Waals surface area (Å²) >= 11 is 11.9. The van der Waals surface area contributed by atoms with Gasteiger partial charge in [0.15, 0.2) is 0 Å². The molecular formula is C13H17Cl2NO. The number of hydrogen-bond acceptors (Lipinski definition) is 2. The molecule has 4 heteroatoms. The van der Waals surface area contributed by atoms with E-state index in [1.165, 1.54) is 12.8 Å². The van der Waals surface area contributed by atoms with Gasteiger partial charge < -0.3 is 10.8 Å². The zero-order valence-electron chi connectivity index (χ0n) is 9.57. The lowest BCUT2D eigenvalue weighted by molar-refractivity contribution is 0.129. The molecule has 2 nitrogen and oxygen atoms in total. The molecule has 2 rings (SSSR count). The molecule has 17 heavy (non-hydrogen) atoms. The van der Waals surface area contributed by atoms with Crippen molar-refractivity contribution in [1.29, 1.82) is 0 Å². The predicted octanol–water partition coefficient (Wildman–Crippen LogP) is 3.20. The fourth-order valence-electron chi connectivity index (χ4n) is 2.12. The molecule has 0 heterocycles. The molecule has 1 fully saturated rings. The molecule has 1 aliphatic rings. The van der Waals surface area contributed by atoms with Crippen molar-refractivity contribution in [2.75, 3.05) is 6.54 Å². The molecule has 0 amide bonds. The third-order valence-corrected chi connectivity index (χ3v) is 4.10. The number of aliphatic hydroxyl groups excluding tert-OH is 1. The highest BCUT2D eigenvalue weighted by Gasteiger charge is 2.29. The summed E-state index contributed by atoms with van der Waals surface area (Å²) in [5, 5.41) is 11.2. The van der Waals surface area contributed by atoms with Gasteiger partial charge in [0.1, 0.15) is 0 Å². The lowest BCUT2D eigenvalue weighted by atomic mass is 9.90. The average molecular weight is 274 g/mol. The molecule has 0 radical (unpaired) electrons. The van der Waals surface area contributed by atoms with Crippen molar-refractivity contribution < 1.29 is 5.11 Å². The first-order valence-corrected chi connectivity index (χ1v) is 6.70. The molecule has 3 N–H and O–H groups in total. The first-order valence-electron chi connectivity index (χ1n) is 5.95. The first-order chi connectivity index (χ1) is 8.11. The minimum absolute atomic E-state index is 0.0506. The van der Waals surface area contributed by atoms with Gasteiger partial charge in [0.25, 0.3) is 0 Å². The molecule has 0 aromatic heterocycles. The van der Waals surface area contributed by atoms with Gasteiger partial charge in [-0.05, 0) is 30.0 Å². The van der Waals surface area contributed by atoms with Gasteiger partial charge in [0, 0.05) is 12.5 Å². The molecule has 0 bridgehead atoms. The first kappa shape index (κ1) is 13.2. The number of hydrogen-bond donors (Lipinski definition) is 2. The van der Waals surface area contributed by atoms with Crippen LogP contribution in [0.15, 0.2) is 18.2 Å². The van der Waals surface area contributed by atoms with Crippen LogP contribution in [-0.2, 0) is 0 Å². The lowest BCUT2D eigenvalue weighted by Crippen LogP contribution is -2.26. The Bertz CT molecular complexity index is 393. The Morgan fingerprint density at radius 1 is 1.29 bits per heavy atom. The van der Waals surface area contributed by atoms with Gasteiger partial charge in [-0.25, -0.2) is 0 Å². The molecule has 1 saturated carbocycles. The van der Waals surface area contributed by atoms with Crippen LogP contribution in [0.3, 0.4) is 0 Å². The van der Waals surface area contributed by atoms with E-state index >= 15 is 0 Å².